The number of aromatic nitrogens is 2. The van der Waals surface area contributed by atoms with Crippen LogP contribution in [0.4, 0.5) is 0 Å². The molecule has 3 nitrogen and oxygen atoms in total. The summed E-state index contributed by atoms with van der Waals surface area (Å²) in [6.45, 7) is 0. The van der Waals surface area contributed by atoms with Crippen molar-refractivity contribution in [3.05, 3.63) is 67.0 Å². The molecule has 2 aromatic carbocycles. The molecule has 0 saturated heterocycles. The van der Waals surface area contributed by atoms with Gasteiger partial charge in [-0.15, -0.1) is 0 Å². The number of rotatable bonds is 2. The normalized spacial score (nSPS) is 10.3. The first-order valence-electron chi connectivity index (χ1n) is 6.00. The number of phenolic OH excluding ortho intramolecular Hbond substituents is 1. The largest absolute Gasteiger partial charge is 0.508 e. The molecular weight excluding hydrogens is 236 g/mol. The second kappa shape index (κ2) is 4.90. The van der Waals surface area contributed by atoms with E-state index < -0.39 is 0 Å². The van der Waals surface area contributed by atoms with Crippen LogP contribution in [-0.4, -0.2) is 15.1 Å². The van der Waals surface area contributed by atoms with Gasteiger partial charge in [-0.2, -0.15) is 0 Å². The fourth-order valence-corrected chi connectivity index (χ4v) is 1.87. The van der Waals surface area contributed by atoms with Gasteiger partial charge >= 0.3 is 0 Å². The molecule has 0 aliphatic carbocycles. The van der Waals surface area contributed by atoms with Gasteiger partial charge in [-0.05, 0) is 29.8 Å². The van der Waals surface area contributed by atoms with Crippen LogP contribution in [0.3, 0.4) is 0 Å². The SMILES string of the molecule is Oc1ccc(-c2ncc(-c3ccccc3)cn2)cc1. The zero-order chi connectivity index (χ0) is 13.1. The molecule has 1 aromatic heterocycles. The Kier molecular flexibility index (Phi) is 2.94. The minimum atomic E-state index is 0.240. The van der Waals surface area contributed by atoms with Crippen molar-refractivity contribution in [2.75, 3.05) is 0 Å². The minimum Gasteiger partial charge on any atom is -0.508 e. The van der Waals surface area contributed by atoms with Gasteiger partial charge in [-0.3, -0.25) is 0 Å². The van der Waals surface area contributed by atoms with E-state index in [1.165, 1.54) is 0 Å². The highest BCUT2D eigenvalue weighted by Gasteiger charge is 2.02. The molecule has 1 N–H and O–H groups in total. The molecule has 3 aromatic rings. The van der Waals surface area contributed by atoms with Gasteiger partial charge in [0.25, 0.3) is 0 Å². The van der Waals surface area contributed by atoms with E-state index in [4.69, 9.17) is 0 Å². The molecule has 0 aliphatic rings. The van der Waals surface area contributed by atoms with Crippen molar-refractivity contribution in [3.63, 3.8) is 0 Å². The van der Waals surface area contributed by atoms with Crippen molar-refractivity contribution < 1.29 is 5.11 Å². The summed E-state index contributed by atoms with van der Waals surface area (Å²) in [5, 5.41) is 9.26. The molecule has 19 heavy (non-hydrogen) atoms. The van der Waals surface area contributed by atoms with Gasteiger partial charge < -0.3 is 5.11 Å². The molecule has 0 radical (unpaired) electrons. The maximum absolute atomic E-state index is 9.26. The van der Waals surface area contributed by atoms with Crippen LogP contribution >= 0.6 is 0 Å². The smallest absolute Gasteiger partial charge is 0.159 e. The van der Waals surface area contributed by atoms with E-state index >= 15 is 0 Å². The highest BCUT2D eigenvalue weighted by atomic mass is 16.3. The molecule has 92 valence electrons. The molecule has 3 heteroatoms. The van der Waals surface area contributed by atoms with E-state index in [0.29, 0.717) is 5.82 Å². The van der Waals surface area contributed by atoms with E-state index in [9.17, 15) is 5.11 Å². The maximum atomic E-state index is 9.26. The summed E-state index contributed by atoms with van der Waals surface area (Å²) in [4.78, 5) is 8.72. The average Bonchev–Trinajstić information content (AvgIpc) is 2.49. The third-order valence-corrected chi connectivity index (χ3v) is 2.88. The second-order valence-corrected chi connectivity index (χ2v) is 4.21. The molecule has 0 atom stereocenters. The molecule has 0 unspecified atom stereocenters. The summed E-state index contributed by atoms with van der Waals surface area (Å²) in [5.74, 6) is 0.893. The Morgan fingerprint density at radius 1 is 0.632 bits per heavy atom. The van der Waals surface area contributed by atoms with E-state index in [1.54, 1.807) is 24.3 Å². The fraction of sp³-hybridized carbons (Fsp3) is 0. The zero-order valence-corrected chi connectivity index (χ0v) is 10.2. The van der Waals surface area contributed by atoms with Gasteiger partial charge in [0, 0.05) is 23.5 Å². The van der Waals surface area contributed by atoms with Crippen LogP contribution in [0.15, 0.2) is 67.0 Å². The predicted molar refractivity (Wildman–Crippen MR) is 74.6 cm³/mol. The summed E-state index contributed by atoms with van der Waals surface area (Å²) < 4.78 is 0. The van der Waals surface area contributed by atoms with Crippen LogP contribution in [0.1, 0.15) is 0 Å². The Balaban J connectivity index is 1.93. The Bertz CT molecular complexity index is 661. The van der Waals surface area contributed by atoms with Crippen molar-refractivity contribution in [3.8, 4) is 28.3 Å². The minimum absolute atomic E-state index is 0.240. The van der Waals surface area contributed by atoms with Crippen LogP contribution in [0.25, 0.3) is 22.5 Å². The Labute approximate surface area is 111 Å². The Morgan fingerprint density at radius 2 is 1.26 bits per heavy atom. The van der Waals surface area contributed by atoms with Crippen LogP contribution in [0.5, 0.6) is 5.75 Å². The van der Waals surface area contributed by atoms with E-state index in [0.717, 1.165) is 16.7 Å². The lowest BCUT2D eigenvalue weighted by atomic mass is 10.1. The Morgan fingerprint density at radius 3 is 1.89 bits per heavy atom. The lowest BCUT2D eigenvalue weighted by Crippen LogP contribution is -1.89. The van der Waals surface area contributed by atoms with E-state index in [1.807, 2.05) is 42.7 Å². The van der Waals surface area contributed by atoms with Crippen molar-refractivity contribution in [1.82, 2.24) is 9.97 Å². The van der Waals surface area contributed by atoms with Crippen LogP contribution in [0, 0.1) is 0 Å². The third-order valence-electron chi connectivity index (χ3n) is 2.88. The van der Waals surface area contributed by atoms with Crippen molar-refractivity contribution in [2.45, 2.75) is 0 Å². The Hall–Kier alpha value is -2.68. The number of aromatic hydroxyl groups is 1. The fourth-order valence-electron chi connectivity index (χ4n) is 1.87. The van der Waals surface area contributed by atoms with Gasteiger partial charge in [0.1, 0.15) is 5.75 Å². The third kappa shape index (κ3) is 2.45. The van der Waals surface area contributed by atoms with Gasteiger partial charge in [-0.25, -0.2) is 9.97 Å². The molecular formula is C16H12N2O. The van der Waals surface area contributed by atoms with Crippen molar-refractivity contribution in [1.29, 1.82) is 0 Å². The summed E-state index contributed by atoms with van der Waals surface area (Å²) in [5.41, 5.74) is 2.97. The first-order chi connectivity index (χ1) is 9.33. The summed E-state index contributed by atoms with van der Waals surface area (Å²) in [6.07, 6.45) is 3.62. The topological polar surface area (TPSA) is 46.0 Å². The highest BCUT2D eigenvalue weighted by Crippen LogP contribution is 2.21. The van der Waals surface area contributed by atoms with Crippen molar-refractivity contribution in [2.24, 2.45) is 0 Å². The molecule has 0 spiro atoms. The van der Waals surface area contributed by atoms with Crippen LogP contribution in [-0.2, 0) is 0 Å². The zero-order valence-electron chi connectivity index (χ0n) is 10.2. The van der Waals surface area contributed by atoms with Gasteiger partial charge in [0.15, 0.2) is 5.82 Å². The molecule has 1 heterocycles. The van der Waals surface area contributed by atoms with E-state index in [-0.39, 0.29) is 5.75 Å². The van der Waals surface area contributed by atoms with Gasteiger partial charge in [0.05, 0.1) is 0 Å². The van der Waals surface area contributed by atoms with Gasteiger partial charge in [0.2, 0.25) is 0 Å². The van der Waals surface area contributed by atoms with Crippen LogP contribution < -0.4 is 0 Å². The lowest BCUT2D eigenvalue weighted by Gasteiger charge is -2.03. The van der Waals surface area contributed by atoms with Gasteiger partial charge in [-0.1, -0.05) is 30.3 Å². The van der Waals surface area contributed by atoms with Crippen molar-refractivity contribution >= 4 is 0 Å². The molecule has 0 saturated carbocycles. The first-order valence-corrected chi connectivity index (χ1v) is 6.00. The number of hydrogen-bond donors (Lipinski definition) is 1. The predicted octanol–water partition coefficient (Wildman–Crippen LogP) is 3.52. The quantitative estimate of drug-likeness (QED) is 0.754. The molecule has 3 rings (SSSR count). The highest BCUT2D eigenvalue weighted by molar-refractivity contribution is 5.63. The molecule has 0 amide bonds. The van der Waals surface area contributed by atoms with Crippen LogP contribution in [0.2, 0.25) is 0 Å². The summed E-state index contributed by atoms with van der Waals surface area (Å²) in [6, 6.07) is 16.9. The number of phenols is 1. The molecule has 0 aliphatic heterocycles. The lowest BCUT2D eigenvalue weighted by molar-refractivity contribution is 0.475. The van der Waals surface area contributed by atoms with E-state index in [2.05, 4.69) is 9.97 Å². The summed E-state index contributed by atoms with van der Waals surface area (Å²) in [7, 11) is 0. The molecule has 0 fully saturated rings. The molecule has 0 bridgehead atoms. The maximum Gasteiger partial charge on any atom is 0.159 e. The first kappa shape index (κ1) is 11.4. The standard InChI is InChI=1S/C16H12N2O/c19-15-8-6-13(7-9-15)16-17-10-14(11-18-16)12-4-2-1-3-5-12/h1-11,19H. The average molecular weight is 248 g/mol. The summed E-state index contributed by atoms with van der Waals surface area (Å²) >= 11 is 0. The number of benzene rings is 2. The monoisotopic (exact) mass is 248 g/mol. The second-order valence-electron chi connectivity index (χ2n) is 4.21. The number of hydrogen-bond acceptors (Lipinski definition) is 3. The number of nitrogens with zero attached hydrogens (tertiary/aromatic N) is 2.